The van der Waals surface area contributed by atoms with E-state index in [1.807, 2.05) is 24.4 Å². The average molecular weight is 495 g/mol. The largest absolute Gasteiger partial charge is 0.403 e. The maximum atomic E-state index is 13.1. The van der Waals surface area contributed by atoms with Crippen molar-refractivity contribution in [1.29, 1.82) is 0 Å². The topological polar surface area (TPSA) is 113 Å². The highest BCUT2D eigenvalue weighted by atomic mass is 32.1. The summed E-state index contributed by atoms with van der Waals surface area (Å²) in [6.45, 7) is 1.71. The summed E-state index contributed by atoms with van der Waals surface area (Å²) in [6.07, 6.45) is 11.9. The molecular formula is C26H34N6O2S. The number of pyridine rings is 1. The number of fused-ring (bicyclic) bond motifs is 1. The Hall–Kier alpha value is -3.20. The minimum atomic E-state index is -0.628. The highest BCUT2D eigenvalue weighted by Crippen LogP contribution is 2.30. The summed E-state index contributed by atoms with van der Waals surface area (Å²) >= 11 is 1.47. The lowest BCUT2D eigenvalue weighted by molar-refractivity contribution is -0.122. The molecule has 0 saturated heterocycles. The maximum absolute atomic E-state index is 13.1. The quantitative estimate of drug-likeness (QED) is 0.463. The maximum Gasteiger partial charge on any atom is 0.262 e. The molecule has 2 aliphatic rings. The van der Waals surface area contributed by atoms with Crippen molar-refractivity contribution < 1.29 is 9.59 Å². The number of anilines is 1. The predicted octanol–water partition coefficient (Wildman–Crippen LogP) is 3.39. The first-order chi connectivity index (χ1) is 17.1. The number of hydrogen-bond acceptors (Lipinski definition) is 7. The van der Waals surface area contributed by atoms with E-state index in [1.54, 1.807) is 7.05 Å². The number of aryl methyl sites for hydroxylation is 1. The summed E-state index contributed by atoms with van der Waals surface area (Å²) < 4.78 is 0. The predicted molar refractivity (Wildman–Crippen MR) is 141 cm³/mol. The zero-order valence-electron chi connectivity index (χ0n) is 20.2. The number of nitrogens with zero attached hydrogens (tertiary/aromatic N) is 3. The van der Waals surface area contributed by atoms with Crippen LogP contribution in [-0.2, 0) is 17.8 Å². The van der Waals surface area contributed by atoms with Crippen molar-refractivity contribution in [3.8, 4) is 0 Å². The third-order valence-corrected chi connectivity index (χ3v) is 7.73. The number of carbonyl (C=O) groups excluding carboxylic acids is 2. The standard InChI is InChI=1S/C26H34N6O2S/c1-28-16-19(15-27)30-25(33)22(14-18-6-2-3-7-18)31-26(34)24-11-10-20(35-24)17-32-13-5-8-21-23(32)9-4-12-29-21/h4,9-12,15-16,18,22H,2-3,5-8,13-14,17,27H2,1H3,(H,30,33)(H,31,34)/b19-15+,28-16?. The van der Waals surface area contributed by atoms with Crippen LogP contribution in [0.1, 0.15) is 58.8 Å². The van der Waals surface area contributed by atoms with Gasteiger partial charge in [-0.15, -0.1) is 11.3 Å². The van der Waals surface area contributed by atoms with Gasteiger partial charge in [0.05, 0.1) is 28.5 Å². The molecule has 35 heavy (non-hydrogen) atoms. The van der Waals surface area contributed by atoms with Gasteiger partial charge in [-0.05, 0) is 49.4 Å². The van der Waals surface area contributed by atoms with E-state index >= 15 is 0 Å². The molecule has 1 saturated carbocycles. The molecule has 3 heterocycles. The summed E-state index contributed by atoms with van der Waals surface area (Å²) in [6, 6.07) is 7.31. The highest BCUT2D eigenvalue weighted by Gasteiger charge is 2.28. The minimum Gasteiger partial charge on any atom is -0.403 e. The monoisotopic (exact) mass is 494 g/mol. The number of nitrogens with one attached hydrogen (secondary N) is 2. The van der Waals surface area contributed by atoms with Crippen molar-refractivity contribution in [2.45, 2.75) is 57.5 Å². The van der Waals surface area contributed by atoms with Gasteiger partial charge in [-0.1, -0.05) is 25.7 Å². The molecule has 0 radical (unpaired) electrons. The van der Waals surface area contributed by atoms with E-state index < -0.39 is 6.04 Å². The Morgan fingerprint density at radius 3 is 2.89 bits per heavy atom. The second-order valence-corrected chi connectivity index (χ2v) is 10.3. The van der Waals surface area contributed by atoms with Gasteiger partial charge >= 0.3 is 0 Å². The lowest BCUT2D eigenvalue weighted by atomic mass is 9.97. The number of aromatic nitrogens is 1. The van der Waals surface area contributed by atoms with Gasteiger partial charge in [-0.3, -0.25) is 19.6 Å². The Labute approximate surface area is 210 Å². The second kappa shape index (κ2) is 12.0. The molecule has 0 spiro atoms. The number of carbonyl (C=O) groups is 2. The zero-order chi connectivity index (χ0) is 24.6. The van der Waals surface area contributed by atoms with Crippen LogP contribution < -0.4 is 21.3 Å². The van der Waals surface area contributed by atoms with Gasteiger partial charge in [-0.2, -0.15) is 0 Å². The van der Waals surface area contributed by atoms with E-state index in [1.165, 1.54) is 42.3 Å². The average Bonchev–Trinajstić information content (AvgIpc) is 3.56. The third kappa shape index (κ3) is 6.48. The number of rotatable bonds is 9. The summed E-state index contributed by atoms with van der Waals surface area (Å²) in [5.74, 6) is -0.0542. The number of amides is 2. The van der Waals surface area contributed by atoms with E-state index in [0.717, 1.165) is 49.3 Å². The summed E-state index contributed by atoms with van der Waals surface area (Å²) in [4.78, 5) is 38.7. The molecule has 1 atom stereocenters. The van der Waals surface area contributed by atoms with Crippen LogP contribution >= 0.6 is 11.3 Å². The molecule has 9 heteroatoms. The smallest absolute Gasteiger partial charge is 0.262 e. The van der Waals surface area contributed by atoms with Crippen molar-refractivity contribution in [2.75, 3.05) is 18.5 Å². The molecule has 1 aliphatic carbocycles. The van der Waals surface area contributed by atoms with Crippen LogP contribution in [-0.4, -0.2) is 42.6 Å². The first-order valence-electron chi connectivity index (χ1n) is 12.3. The van der Waals surface area contributed by atoms with Gasteiger partial charge in [0, 0.05) is 37.1 Å². The van der Waals surface area contributed by atoms with Crippen LogP contribution in [0.2, 0.25) is 0 Å². The van der Waals surface area contributed by atoms with Crippen molar-refractivity contribution in [2.24, 2.45) is 16.6 Å². The Kier molecular flexibility index (Phi) is 8.52. The Morgan fingerprint density at radius 1 is 1.29 bits per heavy atom. The molecule has 2 aromatic rings. The SMILES string of the molecule is CN=C/C(=C\N)NC(=O)C(CC1CCCC1)NC(=O)c1ccc(CN2CCCc3ncccc32)s1. The fraction of sp³-hybridized carbons (Fsp3) is 0.462. The van der Waals surface area contributed by atoms with Gasteiger partial charge in [0.25, 0.3) is 5.91 Å². The van der Waals surface area contributed by atoms with Crippen molar-refractivity contribution in [3.63, 3.8) is 0 Å². The first-order valence-corrected chi connectivity index (χ1v) is 13.1. The van der Waals surface area contributed by atoms with Crippen LogP contribution in [0.3, 0.4) is 0 Å². The minimum absolute atomic E-state index is 0.220. The van der Waals surface area contributed by atoms with Crippen LogP contribution in [0, 0.1) is 5.92 Å². The number of nitrogens with two attached hydrogens (primary N) is 1. The van der Waals surface area contributed by atoms with Gasteiger partial charge in [0.1, 0.15) is 6.04 Å². The molecule has 1 fully saturated rings. The number of aliphatic imine (C=N–C) groups is 1. The molecule has 186 valence electrons. The molecule has 4 rings (SSSR count). The van der Waals surface area contributed by atoms with Gasteiger partial charge in [-0.25, -0.2) is 0 Å². The zero-order valence-corrected chi connectivity index (χ0v) is 21.0. The van der Waals surface area contributed by atoms with Crippen molar-refractivity contribution in [1.82, 2.24) is 15.6 Å². The molecule has 1 aliphatic heterocycles. The van der Waals surface area contributed by atoms with Crippen LogP contribution in [0.4, 0.5) is 5.69 Å². The van der Waals surface area contributed by atoms with Gasteiger partial charge < -0.3 is 21.3 Å². The highest BCUT2D eigenvalue weighted by molar-refractivity contribution is 7.14. The van der Waals surface area contributed by atoms with Crippen molar-refractivity contribution >= 4 is 35.1 Å². The van der Waals surface area contributed by atoms with E-state index in [9.17, 15) is 9.59 Å². The van der Waals surface area contributed by atoms with Gasteiger partial charge in [0.2, 0.25) is 5.91 Å². The number of thiophene rings is 1. The van der Waals surface area contributed by atoms with E-state index in [2.05, 4.69) is 31.6 Å². The molecule has 0 bridgehead atoms. The van der Waals surface area contributed by atoms with Gasteiger partial charge in [0.15, 0.2) is 0 Å². The van der Waals surface area contributed by atoms with Crippen LogP contribution in [0.5, 0.6) is 0 Å². The Bertz CT molecular complexity index is 1090. The van der Waals surface area contributed by atoms with Crippen LogP contribution in [0.25, 0.3) is 0 Å². The molecule has 1 unspecified atom stereocenters. The summed E-state index contributed by atoms with van der Waals surface area (Å²) in [7, 11) is 1.61. The second-order valence-electron chi connectivity index (χ2n) is 9.17. The van der Waals surface area contributed by atoms with E-state index in [-0.39, 0.29) is 11.8 Å². The van der Waals surface area contributed by atoms with Crippen LogP contribution in [0.15, 0.2) is 47.4 Å². The normalized spacial score (nSPS) is 17.4. The van der Waals surface area contributed by atoms with Crippen molar-refractivity contribution in [3.05, 3.63) is 57.8 Å². The fourth-order valence-electron chi connectivity index (χ4n) is 4.93. The molecule has 2 amide bonds. The molecule has 4 N–H and O–H groups in total. The third-order valence-electron chi connectivity index (χ3n) is 6.66. The Morgan fingerprint density at radius 2 is 2.11 bits per heavy atom. The number of allylic oxidation sites excluding steroid dienone is 1. The van der Waals surface area contributed by atoms with E-state index in [0.29, 0.717) is 22.9 Å². The summed E-state index contributed by atoms with van der Waals surface area (Å²) in [5.41, 5.74) is 8.33. The molecule has 0 aromatic carbocycles. The van der Waals surface area contributed by atoms with E-state index in [4.69, 9.17) is 5.73 Å². The Balaban J connectivity index is 1.43. The molecule has 2 aromatic heterocycles. The molecular weight excluding hydrogens is 460 g/mol. The summed E-state index contributed by atoms with van der Waals surface area (Å²) in [5, 5.41) is 5.78. The lowest BCUT2D eigenvalue weighted by Crippen LogP contribution is -2.47. The first kappa shape index (κ1) is 24.9. The molecule has 8 nitrogen and oxygen atoms in total. The lowest BCUT2D eigenvalue weighted by Gasteiger charge is -2.30. The fourth-order valence-corrected chi connectivity index (χ4v) is 5.86. The number of hydrogen-bond donors (Lipinski definition) is 3.